The molecule has 0 unspecified atom stereocenters. The third-order valence-corrected chi connectivity index (χ3v) is 2.81. The van der Waals surface area contributed by atoms with Gasteiger partial charge in [-0.2, -0.15) is 0 Å². The molecule has 1 aromatic rings. The van der Waals surface area contributed by atoms with E-state index in [-0.39, 0.29) is 0 Å². The van der Waals surface area contributed by atoms with Crippen LogP contribution in [0.25, 0.3) is 0 Å². The Kier molecular flexibility index (Phi) is 3.59. The van der Waals surface area contributed by atoms with Crippen LogP contribution < -0.4 is 10.6 Å². The van der Waals surface area contributed by atoms with E-state index in [4.69, 9.17) is 0 Å². The minimum Gasteiger partial charge on any atom is -0.368 e. The van der Waals surface area contributed by atoms with Crippen LogP contribution in [0.15, 0.2) is 12.4 Å². The maximum Gasteiger partial charge on any atom is 0.131 e. The van der Waals surface area contributed by atoms with Gasteiger partial charge >= 0.3 is 0 Å². The highest BCUT2D eigenvalue weighted by Gasteiger charge is 2.15. The summed E-state index contributed by atoms with van der Waals surface area (Å²) in [5.41, 5.74) is 0. The summed E-state index contributed by atoms with van der Waals surface area (Å²) in [6.45, 7) is 4.21. The van der Waals surface area contributed by atoms with E-state index in [0.29, 0.717) is 12.1 Å². The van der Waals surface area contributed by atoms with Gasteiger partial charge in [-0.3, -0.25) is 0 Å². The minimum absolute atomic E-state index is 0.397. The Balaban J connectivity index is 1.97. The molecule has 1 heterocycles. The SMILES string of the molecule is CC(C)Nc1cc(NC2CCCC2)ncn1. The first-order chi connectivity index (χ1) is 7.74. The fraction of sp³-hybridized carbons (Fsp3) is 0.667. The van der Waals surface area contributed by atoms with Gasteiger partial charge in [-0.1, -0.05) is 12.8 Å². The number of anilines is 2. The van der Waals surface area contributed by atoms with Crippen LogP contribution in [-0.2, 0) is 0 Å². The number of nitrogens with one attached hydrogen (secondary N) is 2. The fourth-order valence-corrected chi connectivity index (χ4v) is 2.09. The molecular weight excluding hydrogens is 200 g/mol. The zero-order chi connectivity index (χ0) is 11.4. The predicted octanol–water partition coefficient (Wildman–Crippen LogP) is 2.65. The van der Waals surface area contributed by atoms with Crippen LogP contribution in [0, 0.1) is 0 Å². The molecule has 0 amide bonds. The van der Waals surface area contributed by atoms with Crippen LogP contribution in [-0.4, -0.2) is 22.1 Å². The van der Waals surface area contributed by atoms with E-state index in [1.807, 2.05) is 6.07 Å². The van der Waals surface area contributed by atoms with Crippen molar-refractivity contribution in [3.8, 4) is 0 Å². The van der Waals surface area contributed by atoms with E-state index >= 15 is 0 Å². The Morgan fingerprint density at radius 3 is 2.56 bits per heavy atom. The fourth-order valence-electron chi connectivity index (χ4n) is 2.09. The van der Waals surface area contributed by atoms with Gasteiger partial charge in [0.1, 0.15) is 18.0 Å². The van der Waals surface area contributed by atoms with E-state index in [9.17, 15) is 0 Å². The van der Waals surface area contributed by atoms with E-state index in [0.717, 1.165) is 11.6 Å². The first-order valence-electron chi connectivity index (χ1n) is 6.09. The van der Waals surface area contributed by atoms with Crippen LogP contribution in [0.2, 0.25) is 0 Å². The van der Waals surface area contributed by atoms with Gasteiger partial charge in [-0.15, -0.1) is 0 Å². The van der Waals surface area contributed by atoms with Crippen LogP contribution in [0.5, 0.6) is 0 Å². The second kappa shape index (κ2) is 5.14. The van der Waals surface area contributed by atoms with Crippen LogP contribution in [0.3, 0.4) is 0 Å². The van der Waals surface area contributed by atoms with E-state index in [1.54, 1.807) is 6.33 Å². The summed E-state index contributed by atoms with van der Waals surface area (Å²) in [6.07, 6.45) is 6.80. The van der Waals surface area contributed by atoms with Gasteiger partial charge in [0, 0.05) is 18.2 Å². The topological polar surface area (TPSA) is 49.8 Å². The lowest BCUT2D eigenvalue weighted by Gasteiger charge is -2.14. The molecule has 0 saturated heterocycles. The summed E-state index contributed by atoms with van der Waals surface area (Å²) in [4.78, 5) is 8.44. The standard InChI is InChI=1S/C12H20N4/c1-9(2)15-11-7-12(14-8-13-11)16-10-5-3-4-6-10/h7-10H,3-6H2,1-2H3,(H2,13,14,15,16). The zero-order valence-electron chi connectivity index (χ0n) is 10.0. The Labute approximate surface area is 96.9 Å². The molecule has 1 aliphatic carbocycles. The van der Waals surface area contributed by atoms with Crippen molar-refractivity contribution < 1.29 is 0 Å². The Morgan fingerprint density at radius 1 is 1.19 bits per heavy atom. The highest BCUT2D eigenvalue weighted by molar-refractivity contribution is 5.47. The largest absolute Gasteiger partial charge is 0.368 e. The Morgan fingerprint density at radius 2 is 1.88 bits per heavy atom. The minimum atomic E-state index is 0.397. The first kappa shape index (κ1) is 11.2. The molecule has 16 heavy (non-hydrogen) atoms. The maximum atomic E-state index is 4.25. The number of hydrogen-bond donors (Lipinski definition) is 2. The summed E-state index contributed by atoms with van der Waals surface area (Å²) in [6, 6.07) is 2.98. The van der Waals surface area contributed by atoms with Crippen molar-refractivity contribution in [3.63, 3.8) is 0 Å². The van der Waals surface area contributed by atoms with Crippen molar-refractivity contribution in [1.29, 1.82) is 0 Å². The van der Waals surface area contributed by atoms with Crippen molar-refractivity contribution in [1.82, 2.24) is 9.97 Å². The van der Waals surface area contributed by atoms with Gasteiger partial charge in [-0.05, 0) is 26.7 Å². The van der Waals surface area contributed by atoms with Gasteiger partial charge in [0.05, 0.1) is 0 Å². The van der Waals surface area contributed by atoms with Gasteiger partial charge < -0.3 is 10.6 Å². The number of nitrogens with zero attached hydrogens (tertiary/aromatic N) is 2. The molecule has 1 saturated carbocycles. The molecule has 88 valence electrons. The van der Waals surface area contributed by atoms with Crippen molar-refractivity contribution >= 4 is 11.6 Å². The van der Waals surface area contributed by atoms with Gasteiger partial charge in [0.2, 0.25) is 0 Å². The number of hydrogen-bond acceptors (Lipinski definition) is 4. The van der Waals surface area contributed by atoms with Crippen LogP contribution in [0.4, 0.5) is 11.6 Å². The van der Waals surface area contributed by atoms with Crippen LogP contribution in [0.1, 0.15) is 39.5 Å². The Hall–Kier alpha value is -1.32. The molecule has 0 bridgehead atoms. The van der Waals surface area contributed by atoms with Crippen molar-refractivity contribution in [2.24, 2.45) is 0 Å². The van der Waals surface area contributed by atoms with Crippen molar-refractivity contribution in [2.75, 3.05) is 10.6 Å². The predicted molar refractivity (Wildman–Crippen MR) is 66.7 cm³/mol. The molecule has 4 nitrogen and oxygen atoms in total. The zero-order valence-corrected chi connectivity index (χ0v) is 10.0. The number of aromatic nitrogens is 2. The molecule has 2 N–H and O–H groups in total. The van der Waals surface area contributed by atoms with Crippen molar-refractivity contribution in [3.05, 3.63) is 12.4 Å². The molecule has 0 aliphatic heterocycles. The van der Waals surface area contributed by atoms with Gasteiger partial charge in [0.15, 0.2) is 0 Å². The molecule has 1 aromatic heterocycles. The van der Waals surface area contributed by atoms with E-state index in [1.165, 1.54) is 25.7 Å². The molecule has 1 fully saturated rings. The summed E-state index contributed by atoms with van der Waals surface area (Å²) >= 11 is 0. The third kappa shape index (κ3) is 3.08. The second-order valence-corrected chi connectivity index (χ2v) is 4.71. The first-order valence-corrected chi connectivity index (χ1v) is 6.09. The summed E-state index contributed by atoms with van der Waals surface area (Å²) in [5, 5.41) is 6.74. The summed E-state index contributed by atoms with van der Waals surface area (Å²) < 4.78 is 0. The quantitative estimate of drug-likeness (QED) is 0.819. The summed E-state index contributed by atoms with van der Waals surface area (Å²) in [7, 11) is 0. The molecule has 4 heteroatoms. The smallest absolute Gasteiger partial charge is 0.131 e. The monoisotopic (exact) mass is 220 g/mol. The summed E-state index contributed by atoms with van der Waals surface area (Å²) in [5.74, 6) is 1.83. The molecule has 0 radical (unpaired) electrons. The van der Waals surface area contributed by atoms with Crippen LogP contribution >= 0.6 is 0 Å². The highest BCUT2D eigenvalue weighted by atomic mass is 15.1. The lowest BCUT2D eigenvalue weighted by Crippen LogP contribution is -2.16. The third-order valence-electron chi connectivity index (χ3n) is 2.81. The molecule has 0 spiro atoms. The average Bonchev–Trinajstić information content (AvgIpc) is 2.70. The van der Waals surface area contributed by atoms with Gasteiger partial charge in [-0.25, -0.2) is 9.97 Å². The lowest BCUT2D eigenvalue weighted by molar-refractivity contribution is 0.749. The Bertz CT molecular complexity index is 332. The molecular formula is C12H20N4. The molecule has 1 aliphatic rings. The lowest BCUT2D eigenvalue weighted by atomic mass is 10.2. The molecule has 0 aromatic carbocycles. The van der Waals surface area contributed by atoms with Gasteiger partial charge in [0.25, 0.3) is 0 Å². The number of rotatable bonds is 4. The maximum absolute atomic E-state index is 4.25. The molecule has 0 atom stereocenters. The normalized spacial score (nSPS) is 16.7. The molecule has 2 rings (SSSR count). The van der Waals surface area contributed by atoms with Crippen molar-refractivity contribution in [2.45, 2.75) is 51.6 Å². The van der Waals surface area contributed by atoms with E-state index in [2.05, 4.69) is 34.4 Å². The highest BCUT2D eigenvalue weighted by Crippen LogP contribution is 2.21. The van der Waals surface area contributed by atoms with E-state index < -0.39 is 0 Å². The second-order valence-electron chi connectivity index (χ2n) is 4.71. The average molecular weight is 220 g/mol.